The Morgan fingerprint density at radius 1 is 0.804 bits per heavy atom. The molecule has 13 nitrogen and oxygen atoms in total. The van der Waals surface area contributed by atoms with Gasteiger partial charge in [-0.05, 0) is 48.5 Å². The van der Waals surface area contributed by atoms with E-state index < -0.39 is 55.7 Å². The summed E-state index contributed by atoms with van der Waals surface area (Å²) in [6, 6.07) is 15.7. The van der Waals surface area contributed by atoms with Crippen molar-refractivity contribution in [1.82, 2.24) is 15.1 Å². The lowest BCUT2D eigenvalue weighted by Gasteiger charge is -2.28. The van der Waals surface area contributed by atoms with Crippen LogP contribution < -0.4 is 23.8 Å². The maximum atomic E-state index is 14.0. The van der Waals surface area contributed by atoms with Crippen LogP contribution >= 0.6 is 0 Å². The maximum Gasteiger partial charge on any atom is 0.438 e. The zero-order chi connectivity index (χ0) is 33.3. The van der Waals surface area contributed by atoms with Crippen LogP contribution in [0, 0.1) is 0 Å². The molecule has 0 aliphatic carbocycles. The van der Waals surface area contributed by atoms with E-state index >= 15 is 0 Å². The number of ether oxygens (including phenoxy) is 2. The summed E-state index contributed by atoms with van der Waals surface area (Å²) in [7, 11) is -6.62. The van der Waals surface area contributed by atoms with Crippen LogP contribution in [0.2, 0.25) is 0 Å². The molecule has 0 aliphatic rings. The molecule has 0 spiro atoms. The van der Waals surface area contributed by atoms with Crippen molar-refractivity contribution in [3.63, 3.8) is 0 Å². The highest BCUT2D eigenvalue weighted by molar-refractivity contribution is 7.93. The van der Waals surface area contributed by atoms with Crippen molar-refractivity contribution in [2.45, 2.75) is 22.5 Å². The van der Waals surface area contributed by atoms with Gasteiger partial charge in [0.25, 0.3) is 20.0 Å². The third-order valence-corrected chi connectivity index (χ3v) is 10.2. The van der Waals surface area contributed by atoms with E-state index in [-0.39, 0.29) is 37.4 Å². The number of nitrogens with zero attached hydrogens (tertiary/aromatic N) is 4. The molecule has 2 heterocycles. The molecule has 1 N–H and O–H groups in total. The van der Waals surface area contributed by atoms with Crippen LogP contribution in [0.3, 0.4) is 0 Å². The zero-order valence-electron chi connectivity index (χ0n) is 23.9. The highest BCUT2D eigenvalue weighted by Crippen LogP contribution is 2.38. The molecule has 0 bridgehead atoms. The average molecular weight is 680 g/mol. The Kier molecular flexibility index (Phi) is 8.68. The minimum absolute atomic E-state index is 0.0277. The molecule has 3 aromatic carbocycles. The van der Waals surface area contributed by atoms with E-state index in [1.165, 1.54) is 74.9 Å². The fraction of sp³-hybridized carbons (Fsp3) is 0.179. The first-order chi connectivity index (χ1) is 21.7. The Balaban J connectivity index is 1.71. The molecule has 0 radical (unpaired) electrons. The van der Waals surface area contributed by atoms with Crippen LogP contribution in [0.4, 0.5) is 24.7 Å². The minimum Gasteiger partial charge on any atom is -0.497 e. The first-order valence-electron chi connectivity index (χ1n) is 13.1. The van der Waals surface area contributed by atoms with Gasteiger partial charge in [0.1, 0.15) is 18.0 Å². The molecule has 5 aromatic rings. The van der Waals surface area contributed by atoms with Crippen LogP contribution in [0.1, 0.15) is 5.82 Å². The Hall–Kier alpha value is -5.10. The topological polar surface area (TPSA) is 165 Å². The van der Waals surface area contributed by atoms with Crippen LogP contribution in [0.15, 0.2) is 98.1 Å². The summed E-state index contributed by atoms with van der Waals surface area (Å²) in [6.45, 7) is -2.53. The molecule has 18 heteroatoms. The number of halogens is 3. The predicted molar refractivity (Wildman–Crippen MR) is 159 cm³/mol. The lowest BCUT2D eigenvalue weighted by atomic mass is 10.1. The molecule has 242 valence electrons. The second-order valence-electron chi connectivity index (χ2n) is 9.54. The number of methoxy groups -OCH3 is 2. The van der Waals surface area contributed by atoms with Crippen LogP contribution in [0.25, 0.3) is 10.8 Å². The molecule has 5 rings (SSSR count). The number of benzene rings is 3. The molecular weight excluding hydrogens is 655 g/mol. The molecule has 0 amide bonds. The van der Waals surface area contributed by atoms with E-state index in [0.29, 0.717) is 5.75 Å². The normalized spacial score (nSPS) is 12.2. The molecule has 0 aliphatic heterocycles. The second-order valence-corrected chi connectivity index (χ2v) is 13.3. The van der Waals surface area contributed by atoms with Gasteiger partial charge in [-0.25, -0.2) is 30.9 Å². The summed E-state index contributed by atoms with van der Waals surface area (Å²) in [6.07, 6.45) is -4.14. The number of hydrogen-bond acceptors (Lipinski definition) is 10. The fourth-order valence-electron chi connectivity index (χ4n) is 4.51. The van der Waals surface area contributed by atoms with Gasteiger partial charge in [0.15, 0.2) is 11.6 Å². The number of aromatic nitrogens is 3. The molecule has 0 fully saturated rings. The summed E-state index contributed by atoms with van der Waals surface area (Å²) in [5.74, 6) is -0.825. The van der Waals surface area contributed by atoms with E-state index in [9.17, 15) is 34.8 Å². The molecular formula is C28H24F3N5O8S2. The molecule has 2 aromatic heterocycles. The Morgan fingerprint density at radius 3 is 1.80 bits per heavy atom. The van der Waals surface area contributed by atoms with Crippen molar-refractivity contribution < 1.29 is 44.0 Å². The number of fused-ring (bicyclic) bond motifs is 1. The van der Waals surface area contributed by atoms with Crippen LogP contribution in [-0.4, -0.2) is 58.9 Å². The van der Waals surface area contributed by atoms with Crippen LogP contribution in [-0.2, 0) is 26.6 Å². The Morgan fingerprint density at radius 2 is 1.33 bits per heavy atom. The van der Waals surface area contributed by atoms with Crippen molar-refractivity contribution in [2.24, 2.45) is 0 Å². The number of nitrogens with one attached hydrogen (secondary N) is 1. The van der Waals surface area contributed by atoms with Gasteiger partial charge in [0.2, 0.25) is 0 Å². The Labute approximate surface area is 259 Å². The van der Waals surface area contributed by atoms with E-state index in [0.717, 1.165) is 22.6 Å². The van der Waals surface area contributed by atoms with Crippen LogP contribution in [0.5, 0.6) is 11.5 Å². The van der Waals surface area contributed by atoms with E-state index in [2.05, 4.69) is 19.6 Å². The number of pyridine rings is 1. The van der Waals surface area contributed by atoms with Gasteiger partial charge in [0, 0.05) is 10.8 Å². The highest BCUT2D eigenvalue weighted by atomic mass is 32.2. The summed E-state index contributed by atoms with van der Waals surface area (Å²) in [5, 5.41) is 3.44. The van der Waals surface area contributed by atoms with Gasteiger partial charge >= 0.3 is 11.9 Å². The van der Waals surface area contributed by atoms with E-state index in [1.807, 2.05) is 0 Å². The van der Waals surface area contributed by atoms with Crippen molar-refractivity contribution in [2.75, 3.05) is 29.4 Å². The summed E-state index contributed by atoms with van der Waals surface area (Å²) in [4.78, 5) is 17.4. The second kappa shape index (κ2) is 12.4. The number of H-pyrrole nitrogens is 1. The largest absolute Gasteiger partial charge is 0.497 e. The molecule has 46 heavy (non-hydrogen) atoms. The molecule has 0 saturated heterocycles. The van der Waals surface area contributed by atoms with Gasteiger partial charge in [-0.3, -0.25) is 13.8 Å². The first kappa shape index (κ1) is 32.3. The predicted octanol–water partition coefficient (Wildman–Crippen LogP) is 4.08. The number of alkyl halides is 3. The molecule has 0 atom stereocenters. The summed E-state index contributed by atoms with van der Waals surface area (Å²) in [5.41, 5.74) is -0.468. The van der Waals surface area contributed by atoms with Crippen molar-refractivity contribution in [3.8, 4) is 11.5 Å². The number of aromatic amines is 1. The summed E-state index contributed by atoms with van der Waals surface area (Å²) < 4.78 is 113. The maximum absolute atomic E-state index is 14.0. The Bertz CT molecular complexity index is 2140. The van der Waals surface area contributed by atoms with E-state index in [4.69, 9.17) is 9.47 Å². The monoisotopic (exact) mass is 679 g/mol. The lowest BCUT2D eigenvalue weighted by Crippen LogP contribution is -2.39. The summed E-state index contributed by atoms with van der Waals surface area (Å²) >= 11 is 0. The van der Waals surface area contributed by atoms with Crippen molar-refractivity contribution in [3.05, 3.63) is 95.4 Å². The number of rotatable bonds is 11. The third kappa shape index (κ3) is 6.47. The smallest absolute Gasteiger partial charge is 0.438 e. The standard InChI is InChI=1S/C28H24F3N5O8S2/c1-42-18-7-11-20(12-8-18)45(38,39)35(16-25-33-27(37)44-34-25)26-23-6-4-3-5-22(23)24(15-32-26)36(17-28(29,30)31)46(40,41)21-13-9-19(43-2)10-14-21/h3-15H,16-17H2,1-2H3,(H,33,34,37). The lowest BCUT2D eigenvalue weighted by molar-refractivity contribution is -0.117. The van der Waals surface area contributed by atoms with Crippen molar-refractivity contribution in [1.29, 1.82) is 0 Å². The SMILES string of the molecule is COc1ccc(S(=O)(=O)N(CC(F)(F)F)c2cnc(N(Cc3noc(=O)[nH]3)S(=O)(=O)c3ccc(OC)cc3)c3ccccc23)cc1. The zero-order valence-corrected chi connectivity index (χ0v) is 25.6. The van der Waals surface area contributed by atoms with Crippen molar-refractivity contribution >= 4 is 42.3 Å². The molecule has 0 unspecified atom stereocenters. The third-order valence-electron chi connectivity index (χ3n) is 6.65. The van der Waals surface area contributed by atoms with Gasteiger partial charge in [-0.15, -0.1) is 0 Å². The van der Waals surface area contributed by atoms with Gasteiger partial charge in [-0.1, -0.05) is 29.4 Å². The van der Waals surface area contributed by atoms with E-state index in [1.54, 1.807) is 0 Å². The average Bonchev–Trinajstić information content (AvgIpc) is 3.46. The quantitative estimate of drug-likeness (QED) is 0.215. The van der Waals surface area contributed by atoms with Gasteiger partial charge in [-0.2, -0.15) is 13.2 Å². The first-order valence-corrected chi connectivity index (χ1v) is 16.0. The number of hydrogen-bond donors (Lipinski definition) is 1. The van der Waals surface area contributed by atoms with Gasteiger partial charge in [0.05, 0.1) is 42.4 Å². The fourth-order valence-corrected chi connectivity index (χ4v) is 7.37. The minimum atomic E-state index is -4.98. The number of anilines is 2. The molecule has 0 saturated carbocycles. The van der Waals surface area contributed by atoms with Gasteiger partial charge < -0.3 is 9.47 Å². The highest BCUT2D eigenvalue weighted by Gasteiger charge is 2.39. The number of sulfonamides is 2.